The molecular weight excluding hydrogens is 450 g/mol. The van der Waals surface area contributed by atoms with E-state index in [0.717, 1.165) is 54.5 Å². The Kier molecular flexibility index (Phi) is 7.30. The van der Waals surface area contributed by atoms with Gasteiger partial charge in [0.2, 0.25) is 5.95 Å². The smallest absolute Gasteiger partial charge is 0.225 e. The summed E-state index contributed by atoms with van der Waals surface area (Å²) in [5.41, 5.74) is 4.99. The number of benzene rings is 2. The number of nitrogens with one attached hydrogen (secondary N) is 2. The quantitative estimate of drug-likeness (QED) is 0.299. The highest BCUT2D eigenvalue weighted by Gasteiger charge is 2.22. The molecule has 0 unspecified atom stereocenters. The zero-order valence-electron chi connectivity index (χ0n) is 20.9. The van der Waals surface area contributed by atoms with Crippen molar-refractivity contribution in [2.75, 3.05) is 30.9 Å². The zero-order chi connectivity index (χ0) is 24.2. The van der Waals surface area contributed by atoms with Gasteiger partial charge in [-0.05, 0) is 79.8 Å². The third-order valence-corrected chi connectivity index (χ3v) is 7.97. The van der Waals surface area contributed by atoms with Gasteiger partial charge in [0, 0.05) is 36.9 Å². The largest absolute Gasteiger partial charge is 0.362 e. The SMILES string of the molecule is Cc1ccc(-c2cc(CNC[C@H]3CC[C@@H](Nc4nc(N(C)C)c5ccccc5n4)CC3)cs2)cc1. The van der Waals surface area contributed by atoms with Crippen LogP contribution in [0, 0.1) is 12.8 Å². The lowest BCUT2D eigenvalue weighted by atomic mass is 9.86. The molecule has 1 aliphatic carbocycles. The van der Waals surface area contributed by atoms with E-state index in [-0.39, 0.29) is 0 Å². The van der Waals surface area contributed by atoms with Crippen LogP contribution >= 0.6 is 11.3 Å². The molecule has 0 atom stereocenters. The van der Waals surface area contributed by atoms with Crippen molar-refractivity contribution in [2.24, 2.45) is 5.92 Å². The maximum absolute atomic E-state index is 4.82. The fourth-order valence-corrected chi connectivity index (χ4v) is 5.84. The van der Waals surface area contributed by atoms with Crippen molar-refractivity contribution in [2.45, 2.75) is 45.2 Å². The van der Waals surface area contributed by atoms with Crippen molar-refractivity contribution in [3.05, 3.63) is 71.1 Å². The highest BCUT2D eigenvalue weighted by molar-refractivity contribution is 7.13. The Balaban J connectivity index is 1.10. The summed E-state index contributed by atoms with van der Waals surface area (Å²) >= 11 is 1.84. The Bertz CT molecular complexity index is 1260. The molecule has 0 bridgehead atoms. The molecule has 35 heavy (non-hydrogen) atoms. The Morgan fingerprint density at radius 2 is 1.74 bits per heavy atom. The Hall–Kier alpha value is -2.96. The van der Waals surface area contributed by atoms with Crippen LogP contribution in [0.1, 0.15) is 36.8 Å². The second-order valence-corrected chi connectivity index (χ2v) is 10.9. The topological polar surface area (TPSA) is 53.1 Å². The molecule has 5 nitrogen and oxygen atoms in total. The van der Waals surface area contributed by atoms with Crippen LogP contribution in [0.5, 0.6) is 0 Å². The van der Waals surface area contributed by atoms with Crippen LogP contribution in [0.4, 0.5) is 11.8 Å². The number of hydrogen-bond acceptors (Lipinski definition) is 6. The lowest BCUT2D eigenvalue weighted by Crippen LogP contribution is -2.31. The van der Waals surface area contributed by atoms with E-state index in [1.807, 2.05) is 37.6 Å². The van der Waals surface area contributed by atoms with Crippen molar-refractivity contribution in [1.29, 1.82) is 0 Å². The van der Waals surface area contributed by atoms with Crippen molar-refractivity contribution >= 4 is 34.0 Å². The van der Waals surface area contributed by atoms with Gasteiger partial charge in [0.1, 0.15) is 5.82 Å². The maximum atomic E-state index is 4.82. The molecule has 1 fully saturated rings. The van der Waals surface area contributed by atoms with Gasteiger partial charge in [0.25, 0.3) is 0 Å². The molecular formula is C29H35N5S. The van der Waals surface area contributed by atoms with Gasteiger partial charge in [0.05, 0.1) is 5.52 Å². The molecule has 2 aromatic carbocycles. The van der Waals surface area contributed by atoms with Gasteiger partial charge in [0.15, 0.2) is 0 Å². The summed E-state index contributed by atoms with van der Waals surface area (Å²) in [6, 6.07) is 19.8. The molecule has 0 aliphatic heterocycles. The van der Waals surface area contributed by atoms with Crippen LogP contribution in [0.25, 0.3) is 21.3 Å². The predicted molar refractivity (Wildman–Crippen MR) is 149 cm³/mol. The van der Waals surface area contributed by atoms with E-state index in [1.165, 1.54) is 34.4 Å². The minimum atomic E-state index is 0.441. The number of nitrogens with zero attached hydrogens (tertiary/aromatic N) is 3. The van der Waals surface area contributed by atoms with E-state index >= 15 is 0 Å². The first-order valence-corrected chi connectivity index (χ1v) is 13.5. The molecule has 2 N–H and O–H groups in total. The second-order valence-electron chi connectivity index (χ2n) is 9.96. The number of fused-ring (bicyclic) bond motifs is 1. The second kappa shape index (κ2) is 10.8. The monoisotopic (exact) mass is 485 g/mol. The van der Waals surface area contributed by atoms with Crippen molar-refractivity contribution in [3.63, 3.8) is 0 Å². The molecule has 0 spiro atoms. The molecule has 5 rings (SSSR count). The summed E-state index contributed by atoms with van der Waals surface area (Å²) in [5.74, 6) is 2.45. The predicted octanol–water partition coefficient (Wildman–Crippen LogP) is 6.49. The molecule has 0 radical (unpaired) electrons. The van der Waals surface area contributed by atoms with Gasteiger partial charge in [-0.1, -0.05) is 42.0 Å². The number of rotatable bonds is 8. The van der Waals surface area contributed by atoms with Crippen LogP contribution < -0.4 is 15.5 Å². The first kappa shape index (κ1) is 23.8. The molecule has 2 heterocycles. The summed E-state index contributed by atoms with van der Waals surface area (Å²) in [7, 11) is 4.08. The van der Waals surface area contributed by atoms with E-state index in [9.17, 15) is 0 Å². The standard InChI is InChI=1S/C29H35N5S/c1-20-8-12-23(13-9-20)27-16-22(19-35-27)18-30-17-21-10-14-24(15-11-21)31-29-32-26-7-5-4-6-25(26)28(33-29)34(2)3/h4-9,12-13,16,19,21,24,30H,10-11,14-15,17-18H2,1-3H3,(H,31,32,33)/t21-,24+. The third-order valence-electron chi connectivity index (χ3n) is 6.94. The van der Waals surface area contributed by atoms with E-state index < -0.39 is 0 Å². The summed E-state index contributed by atoms with van der Waals surface area (Å²) in [6.45, 7) is 4.16. The van der Waals surface area contributed by atoms with Gasteiger partial charge < -0.3 is 15.5 Å². The van der Waals surface area contributed by atoms with Crippen molar-refractivity contribution in [1.82, 2.24) is 15.3 Å². The molecule has 0 amide bonds. The fraction of sp³-hybridized carbons (Fsp3) is 0.379. The number of aromatic nitrogens is 2. The van der Waals surface area contributed by atoms with E-state index in [0.29, 0.717) is 6.04 Å². The Morgan fingerprint density at radius 1 is 0.971 bits per heavy atom. The van der Waals surface area contributed by atoms with E-state index in [1.54, 1.807) is 0 Å². The molecule has 1 aliphatic rings. The third kappa shape index (κ3) is 5.82. The first-order valence-electron chi connectivity index (χ1n) is 12.6. The summed E-state index contributed by atoms with van der Waals surface area (Å²) in [5, 5.41) is 10.7. The number of aryl methyl sites for hydroxylation is 1. The van der Waals surface area contributed by atoms with Gasteiger partial charge in [-0.15, -0.1) is 11.3 Å². The average molecular weight is 486 g/mol. The fourth-order valence-electron chi connectivity index (χ4n) is 4.92. The zero-order valence-corrected chi connectivity index (χ0v) is 21.7. The summed E-state index contributed by atoms with van der Waals surface area (Å²) in [4.78, 5) is 13.0. The van der Waals surface area contributed by atoms with Crippen LogP contribution in [-0.2, 0) is 6.54 Å². The van der Waals surface area contributed by atoms with Crippen molar-refractivity contribution in [3.8, 4) is 10.4 Å². The molecule has 2 aromatic heterocycles. The Labute approximate surface area is 212 Å². The highest BCUT2D eigenvalue weighted by atomic mass is 32.1. The molecule has 182 valence electrons. The molecule has 1 saturated carbocycles. The summed E-state index contributed by atoms with van der Waals surface area (Å²) < 4.78 is 0. The normalized spacial score (nSPS) is 18.0. The number of hydrogen-bond donors (Lipinski definition) is 2. The lowest BCUT2D eigenvalue weighted by Gasteiger charge is -2.29. The molecule has 6 heteroatoms. The van der Waals surface area contributed by atoms with Gasteiger partial charge >= 0.3 is 0 Å². The van der Waals surface area contributed by atoms with Crippen molar-refractivity contribution < 1.29 is 0 Å². The van der Waals surface area contributed by atoms with Crippen LogP contribution in [-0.4, -0.2) is 36.6 Å². The minimum Gasteiger partial charge on any atom is -0.362 e. The highest BCUT2D eigenvalue weighted by Crippen LogP contribution is 2.29. The van der Waals surface area contributed by atoms with Gasteiger partial charge in [-0.2, -0.15) is 4.98 Å². The first-order chi connectivity index (χ1) is 17.0. The van der Waals surface area contributed by atoms with Gasteiger partial charge in [-0.3, -0.25) is 0 Å². The Morgan fingerprint density at radius 3 is 2.51 bits per heavy atom. The number of para-hydroxylation sites is 1. The van der Waals surface area contributed by atoms with E-state index in [4.69, 9.17) is 9.97 Å². The van der Waals surface area contributed by atoms with Crippen LogP contribution in [0.15, 0.2) is 60.0 Å². The van der Waals surface area contributed by atoms with Gasteiger partial charge in [-0.25, -0.2) is 4.98 Å². The lowest BCUT2D eigenvalue weighted by molar-refractivity contribution is 0.324. The molecule has 4 aromatic rings. The summed E-state index contributed by atoms with van der Waals surface area (Å²) in [6.07, 6.45) is 4.79. The minimum absolute atomic E-state index is 0.441. The number of anilines is 2. The molecule has 0 saturated heterocycles. The number of thiophene rings is 1. The van der Waals surface area contributed by atoms with Crippen LogP contribution in [0.2, 0.25) is 0 Å². The van der Waals surface area contributed by atoms with Crippen LogP contribution in [0.3, 0.4) is 0 Å². The average Bonchev–Trinajstić information content (AvgIpc) is 3.34. The maximum Gasteiger partial charge on any atom is 0.225 e. The van der Waals surface area contributed by atoms with E-state index in [2.05, 4.69) is 70.3 Å².